The molecule has 2 aromatic carbocycles. The number of amides is 1. The molecule has 2 unspecified atom stereocenters. The molecule has 9 heteroatoms. The van der Waals surface area contributed by atoms with E-state index in [1.807, 2.05) is 41.3 Å². The minimum absolute atomic E-state index is 0.0852. The fourth-order valence-electron chi connectivity index (χ4n) is 4.60. The standard InChI is InChI=1S/C24H30N6O3/c1-32-17-5-3-4-16(12-17)20-14-22(28-27-20)24(31)30-10-8-29(9-11-30)15-23-25-19-7-6-18(33-2)13-21(19)26-23/h3-7,12-13,20,22,27-28H,8-11,14-15H2,1-2H3,(H,25,26). The summed E-state index contributed by atoms with van der Waals surface area (Å²) in [6.45, 7) is 3.82. The second kappa shape index (κ2) is 9.38. The Morgan fingerprint density at radius 3 is 2.61 bits per heavy atom. The molecule has 9 nitrogen and oxygen atoms in total. The Morgan fingerprint density at radius 1 is 1.03 bits per heavy atom. The Hall–Kier alpha value is -3.14. The fraction of sp³-hybridized carbons (Fsp3) is 0.417. The van der Waals surface area contributed by atoms with Crippen molar-refractivity contribution in [2.24, 2.45) is 0 Å². The number of fused-ring (bicyclic) bond motifs is 1. The molecule has 2 fully saturated rings. The van der Waals surface area contributed by atoms with Gasteiger partial charge in [0, 0.05) is 38.3 Å². The van der Waals surface area contributed by atoms with Crippen LogP contribution in [-0.2, 0) is 11.3 Å². The number of hydrogen-bond donors (Lipinski definition) is 3. The lowest BCUT2D eigenvalue weighted by atomic mass is 10.0. The summed E-state index contributed by atoms with van der Waals surface area (Å²) in [6.07, 6.45) is 0.717. The van der Waals surface area contributed by atoms with Crippen molar-refractivity contribution in [1.82, 2.24) is 30.6 Å². The molecular weight excluding hydrogens is 420 g/mol. The van der Waals surface area contributed by atoms with E-state index in [4.69, 9.17) is 9.47 Å². The van der Waals surface area contributed by atoms with Crippen LogP contribution in [0.2, 0.25) is 0 Å². The van der Waals surface area contributed by atoms with Crippen molar-refractivity contribution in [3.05, 3.63) is 53.9 Å². The summed E-state index contributed by atoms with van der Waals surface area (Å²) in [4.78, 5) is 25.5. The second-order valence-electron chi connectivity index (χ2n) is 8.57. The minimum atomic E-state index is -0.224. The topological polar surface area (TPSA) is 94.8 Å². The number of nitrogens with zero attached hydrogens (tertiary/aromatic N) is 3. The first-order chi connectivity index (χ1) is 16.1. The largest absolute Gasteiger partial charge is 0.497 e. The lowest BCUT2D eigenvalue weighted by molar-refractivity contribution is -0.135. The maximum absolute atomic E-state index is 13.1. The molecule has 0 saturated carbocycles. The van der Waals surface area contributed by atoms with E-state index in [0.29, 0.717) is 6.42 Å². The monoisotopic (exact) mass is 450 g/mol. The van der Waals surface area contributed by atoms with Crippen molar-refractivity contribution in [2.75, 3.05) is 40.4 Å². The van der Waals surface area contributed by atoms with Gasteiger partial charge in [0.2, 0.25) is 5.91 Å². The molecule has 33 heavy (non-hydrogen) atoms. The number of piperazine rings is 1. The van der Waals surface area contributed by atoms with Crippen LogP contribution < -0.4 is 20.3 Å². The highest BCUT2D eigenvalue weighted by Crippen LogP contribution is 2.26. The quantitative estimate of drug-likeness (QED) is 0.527. The van der Waals surface area contributed by atoms with Gasteiger partial charge in [0.15, 0.2) is 0 Å². The van der Waals surface area contributed by atoms with Crippen LogP contribution in [0.4, 0.5) is 0 Å². The maximum atomic E-state index is 13.1. The van der Waals surface area contributed by atoms with Crippen molar-refractivity contribution in [2.45, 2.75) is 25.0 Å². The van der Waals surface area contributed by atoms with E-state index in [0.717, 1.165) is 66.6 Å². The number of carbonyl (C=O) groups is 1. The number of imidazole rings is 1. The van der Waals surface area contributed by atoms with Crippen LogP contribution in [-0.4, -0.2) is 72.1 Å². The maximum Gasteiger partial charge on any atom is 0.241 e. The number of nitrogens with one attached hydrogen (secondary N) is 3. The summed E-state index contributed by atoms with van der Waals surface area (Å²) < 4.78 is 10.6. The summed E-state index contributed by atoms with van der Waals surface area (Å²) in [5.74, 6) is 2.72. The van der Waals surface area contributed by atoms with Gasteiger partial charge >= 0.3 is 0 Å². The number of benzene rings is 2. The minimum Gasteiger partial charge on any atom is -0.497 e. The molecule has 3 heterocycles. The van der Waals surface area contributed by atoms with Crippen LogP contribution in [0, 0.1) is 0 Å². The first kappa shape index (κ1) is 21.7. The normalized spacial score (nSPS) is 21.5. The van der Waals surface area contributed by atoms with E-state index >= 15 is 0 Å². The Labute approximate surface area is 193 Å². The first-order valence-corrected chi connectivity index (χ1v) is 11.3. The predicted octanol–water partition coefficient (Wildman–Crippen LogP) is 1.83. The molecule has 3 aromatic rings. The third-order valence-electron chi connectivity index (χ3n) is 6.49. The molecule has 0 aliphatic carbocycles. The summed E-state index contributed by atoms with van der Waals surface area (Å²) in [6, 6.07) is 13.7. The Bertz CT molecular complexity index is 1120. The van der Waals surface area contributed by atoms with Gasteiger partial charge in [0.05, 0.1) is 31.8 Å². The summed E-state index contributed by atoms with van der Waals surface area (Å²) in [7, 11) is 3.33. The van der Waals surface area contributed by atoms with Gasteiger partial charge in [0.25, 0.3) is 0 Å². The zero-order chi connectivity index (χ0) is 22.8. The highest BCUT2D eigenvalue weighted by Gasteiger charge is 2.34. The zero-order valence-electron chi connectivity index (χ0n) is 19.0. The average molecular weight is 451 g/mol. The van der Waals surface area contributed by atoms with Gasteiger partial charge in [-0.05, 0) is 36.2 Å². The van der Waals surface area contributed by atoms with Gasteiger partial charge in [-0.15, -0.1) is 0 Å². The summed E-state index contributed by atoms with van der Waals surface area (Å²) in [5, 5.41) is 0. The van der Waals surface area contributed by atoms with Crippen molar-refractivity contribution < 1.29 is 14.3 Å². The Morgan fingerprint density at radius 2 is 1.82 bits per heavy atom. The summed E-state index contributed by atoms with van der Waals surface area (Å²) >= 11 is 0. The van der Waals surface area contributed by atoms with Crippen LogP contribution in [0.3, 0.4) is 0 Å². The second-order valence-corrected chi connectivity index (χ2v) is 8.57. The van der Waals surface area contributed by atoms with Crippen LogP contribution in [0.15, 0.2) is 42.5 Å². The van der Waals surface area contributed by atoms with Gasteiger partial charge in [-0.3, -0.25) is 9.69 Å². The van der Waals surface area contributed by atoms with Crippen LogP contribution >= 0.6 is 0 Å². The fourth-order valence-corrected chi connectivity index (χ4v) is 4.60. The molecular formula is C24H30N6O3. The molecule has 2 atom stereocenters. The van der Waals surface area contributed by atoms with Crippen LogP contribution in [0.5, 0.6) is 11.5 Å². The zero-order valence-corrected chi connectivity index (χ0v) is 19.0. The van der Waals surface area contributed by atoms with Gasteiger partial charge in [0.1, 0.15) is 23.4 Å². The van der Waals surface area contributed by atoms with E-state index in [9.17, 15) is 4.79 Å². The number of rotatable bonds is 6. The average Bonchev–Trinajstić information content (AvgIpc) is 3.50. The van der Waals surface area contributed by atoms with Crippen LogP contribution in [0.1, 0.15) is 23.9 Å². The van der Waals surface area contributed by atoms with E-state index in [-0.39, 0.29) is 18.0 Å². The van der Waals surface area contributed by atoms with Gasteiger partial charge < -0.3 is 19.4 Å². The molecule has 2 aliphatic heterocycles. The third kappa shape index (κ3) is 4.66. The number of methoxy groups -OCH3 is 2. The molecule has 0 spiro atoms. The molecule has 3 N–H and O–H groups in total. The van der Waals surface area contributed by atoms with Crippen LogP contribution in [0.25, 0.3) is 11.0 Å². The highest BCUT2D eigenvalue weighted by molar-refractivity contribution is 5.82. The molecule has 5 rings (SSSR count). The first-order valence-electron chi connectivity index (χ1n) is 11.3. The van der Waals surface area contributed by atoms with Crippen molar-refractivity contribution in [1.29, 1.82) is 0 Å². The van der Waals surface area contributed by atoms with Crippen molar-refractivity contribution in [3.63, 3.8) is 0 Å². The van der Waals surface area contributed by atoms with Crippen molar-refractivity contribution >= 4 is 16.9 Å². The number of hydrazine groups is 1. The molecule has 1 aromatic heterocycles. The molecule has 0 bridgehead atoms. The lowest BCUT2D eigenvalue weighted by Gasteiger charge is -2.35. The Balaban J connectivity index is 1.14. The lowest BCUT2D eigenvalue weighted by Crippen LogP contribution is -2.53. The number of ether oxygens (including phenoxy) is 2. The third-order valence-corrected chi connectivity index (χ3v) is 6.49. The summed E-state index contributed by atoms with van der Waals surface area (Å²) in [5.41, 5.74) is 9.49. The molecule has 2 saturated heterocycles. The van der Waals surface area contributed by atoms with Gasteiger partial charge in [-0.25, -0.2) is 15.8 Å². The van der Waals surface area contributed by atoms with Crippen molar-refractivity contribution in [3.8, 4) is 11.5 Å². The molecule has 174 valence electrons. The number of aromatic amines is 1. The van der Waals surface area contributed by atoms with E-state index < -0.39 is 0 Å². The SMILES string of the molecule is COc1cccc(C2CC(C(=O)N3CCN(Cc4nc5ccc(OC)cc5[nH]4)CC3)NN2)c1. The van der Waals surface area contributed by atoms with Gasteiger partial charge in [-0.2, -0.15) is 0 Å². The van der Waals surface area contributed by atoms with E-state index in [1.165, 1.54) is 0 Å². The molecule has 2 aliphatic rings. The highest BCUT2D eigenvalue weighted by atomic mass is 16.5. The smallest absolute Gasteiger partial charge is 0.241 e. The van der Waals surface area contributed by atoms with E-state index in [2.05, 4.69) is 31.8 Å². The number of H-pyrrole nitrogens is 1. The number of aromatic nitrogens is 2. The molecule has 0 radical (unpaired) electrons. The van der Waals surface area contributed by atoms with E-state index in [1.54, 1.807) is 14.2 Å². The van der Waals surface area contributed by atoms with Gasteiger partial charge in [-0.1, -0.05) is 12.1 Å². The number of carbonyl (C=O) groups excluding carboxylic acids is 1. The number of hydrogen-bond acceptors (Lipinski definition) is 7. The predicted molar refractivity (Wildman–Crippen MR) is 125 cm³/mol. The molecule has 1 amide bonds. The Kier molecular flexibility index (Phi) is 6.17.